The molecule has 1 aromatic rings. The Kier molecular flexibility index (Phi) is 4.57. The number of fused-ring (bicyclic) bond motifs is 1. The van der Waals surface area contributed by atoms with Crippen LogP contribution in [0.5, 0.6) is 0 Å². The van der Waals surface area contributed by atoms with Crippen LogP contribution in [-0.2, 0) is 17.7 Å². The maximum Gasteiger partial charge on any atom is 0.128 e. The molecule has 0 amide bonds. The largest absolute Gasteiger partial charge is 0.380 e. The van der Waals surface area contributed by atoms with Crippen molar-refractivity contribution in [1.82, 2.24) is 14.9 Å². The number of nitrogens with one attached hydrogen (secondary N) is 1. The SMILES string of the molecule is CCCc1cn2c(n1)[C@H](COCC)NCCC2. The number of aromatic nitrogens is 2. The molecule has 0 unspecified atom stereocenters. The molecule has 1 N–H and O–H groups in total. The fraction of sp³-hybridized carbons (Fsp3) is 0.769. The summed E-state index contributed by atoms with van der Waals surface area (Å²) in [6.07, 6.45) is 5.60. The van der Waals surface area contributed by atoms with Crippen LogP contribution in [0.1, 0.15) is 44.2 Å². The summed E-state index contributed by atoms with van der Waals surface area (Å²) in [5, 5.41) is 3.52. The number of aryl methyl sites for hydroxylation is 2. The van der Waals surface area contributed by atoms with Gasteiger partial charge in [0.1, 0.15) is 5.82 Å². The quantitative estimate of drug-likeness (QED) is 0.850. The molecule has 0 saturated carbocycles. The molecule has 0 radical (unpaired) electrons. The maximum atomic E-state index is 5.54. The second kappa shape index (κ2) is 6.17. The second-order valence-corrected chi connectivity index (χ2v) is 4.55. The number of rotatable bonds is 5. The highest BCUT2D eigenvalue weighted by Gasteiger charge is 2.20. The second-order valence-electron chi connectivity index (χ2n) is 4.55. The fourth-order valence-electron chi connectivity index (χ4n) is 2.31. The van der Waals surface area contributed by atoms with Gasteiger partial charge < -0.3 is 14.6 Å². The van der Waals surface area contributed by atoms with Crippen molar-refractivity contribution < 1.29 is 4.74 Å². The van der Waals surface area contributed by atoms with E-state index in [1.54, 1.807) is 0 Å². The lowest BCUT2D eigenvalue weighted by Gasteiger charge is -2.15. The van der Waals surface area contributed by atoms with Gasteiger partial charge in [-0.25, -0.2) is 4.98 Å². The van der Waals surface area contributed by atoms with E-state index < -0.39 is 0 Å². The van der Waals surface area contributed by atoms with Crippen LogP contribution < -0.4 is 5.32 Å². The average Bonchev–Trinajstić information content (AvgIpc) is 2.63. The van der Waals surface area contributed by atoms with Crippen LogP contribution in [0.15, 0.2) is 6.20 Å². The van der Waals surface area contributed by atoms with E-state index in [2.05, 4.69) is 23.0 Å². The summed E-state index contributed by atoms with van der Waals surface area (Å²) in [7, 11) is 0. The molecule has 2 heterocycles. The minimum atomic E-state index is 0.253. The van der Waals surface area contributed by atoms with E-state index in [1.807, 2.05) is 6.92 Å². The van der Waals surface area contributed by atoms with E-state index in [0.717, 1.165) is 51.4 Å². The van der Waals surface area contributed by atoms with E-state index >= 15 is 0 Å². The van der Waals surface area contributed by atoms with E-state index in [9.17, 15) is 0 Å². The average molecular weight is 237 g/mol. The lowest BCUT2D eigenvalue weighted by atomic mass is 10.2. The van der Waals surface area contributed by atoms with Crippen molar-refractivity contribution in [3.63, 3.8) is 0 Å². The Hall–Kier alpha value is -0.870. The summed E-state index contributed by atoms with van der Waals surface area (Å²) < 4.78 is 7.84. The molecule has 0 fully saturated rings. The van der Waals surface area contributed by atoms with Crippen molar-refractivity contribution in [2.75, 3.05) is 19.8 Å². The molecule has 0 saturated heterocycles. The molecule has 1 aliphatic rings. The summed E-state index contributed by atoms with van der Waals surface area (Å²) in [4.78, 5) is 4.76. The molecule has 0 aliphatic carbocycles. The van der Waals surface area contributed by atoms with Crippen LogP contribution >= 0.6 is 0 Å². The molecule has 1 aliphatic heterocycles. The summed E-state index contributed by atoms with van der Waals surface area (Å²) >= 11 is 0. The third kappa shape index (κ3) is 3.07. The van der Waals surface area contributed by atoms with Crippen molar-refractivity contribution in [2.45, 2.75) is 45.7 Å². The van der Waals surface area contributed by atoms with Crippen LogP contribution in [0, 0.1) is 0 Å². The van der Waals surface area contributed by atoms with Gasteiger partial charge in [0.2, 0.25) is 0 Å². The predicted octanol–water partition coefficient (Wildman–Crippen LogP) is 1.91. The monoisotopic (exact) mass is 237 g/mol. The van der Waals surface area contributed by atoms with E-state index in [0.29, 0.717) is 0 Å². The number of imidazole rings is 1. The predicted molar refractivity (Wildman–Crippen MR) is 68.1 cm³/mol. The Morgan fingerprint density at radius 2 is 2.41 bits per heavy atom. The molecule has 0 spiro atoms. The molecule has 4 heteroatoms. The molecule has 2 rings (SSSR count). The van der Waals surface area contributed by atoms with Gasteiger partial charge in [0.15, 0.2) is 0 Å². The molecule has 0 aromatic carbocycles. The van der Waals surface area contributed by atoms with Crippen molar-refractivity contribution in [2.24, 2.45) is 0 Å². The minimum absolute atomic E-state index is 0.253. The Morgan fingerprint density at radius 3 is 3.18 bits per heavy atom. The first kappa shape index (κ1) is 12.6. The van der Waals surface area contributed by atoms with Gasteiger partial charge >= 0.3 is 0 Å². The number of hydrogen-bond acceptors (Lipinski definition) is 3. The van der Waals surface area contributed by atoms with Crippen LogP contribution in [0.3, 0.4) is 0 Å². The Bertz CT molecular complexity index is 348. The Balaban J connectivity index is 2.14. The van der Waals surface area contributed by atoms with Crippen molar-refractivity contribution in [3.05, 3.63) is 17.7 Å². The molecular weight excluding hydrogens is 214 g/mol. The van der Waals surface area contributed by atoms with Gasteiger partial charge in [-0.3, -0.25) is 0 Å². The molecule has 4 nitrogen and oxygen atoms in total. The van der Waals surface area contributed by atoms with Gasteiger partial charge in [-0.1, -0.05) is 13.3 Å². The van der Waals surface area contributed by atoms with Crippen LogP contribution in [-0.4, -0.2) is 29.3 Å². The summed E-state index contributed by atoms with van der Waals surface area (Å²) in [6, 6.07) is 0.253. The lowest BCUT2D eigenvalue weighted by Crippen LogP contribution is -2.26. The highest BCUT2D eigenvalue weighted by Crippen LogP contribution is 2.18. The van der Waals surface area contributed by atoms with Gasteiger partial charge in [-0.2, -0.15) is 0 Å². The zero-order chi connectivity index (χ0) is 12.1. The minimum Gasteiger partial charge on any atom is -0.380 e. The molecule has 1 atom stereocenters. The highest BCUT2D eigenvalue weighted by molar-refractivity contribution is 5.09. The van der Waals surface area contributed by atoms with Crippen molar-refractivity contribution in [3.8, 4) is 0 Å². The van der Waals surface area contributed by atoms with Crippen molar-refractivity contribution in [1.29, 1.82) is 0 Å². The van der Waals surface area contributed by atoms with Crippen LogP contribution in [0.4, 0.5) is 0 Å². The highest BCUT2D eigenvalue weighted by atomic mass is 16.5. The van der Waals surface area contributed by atoms with Crippen molar-refractivity contribution >= 4 is 0 Å². The van der Waals surface area contributed by atoms with Gasteiger partial charge in [0, 0.05) is 19.3 Å². The summed E-state index contributed by atoms with van der Waals surface area (Å²) in [6.45, 7) is 7.83. The van der Waals surface area contributed by atoms with Gasteiger partial charge in [-0.05, 0) is 26.3 Å². The molecule has 0 bridgehead atoms. The van der Waals surface area contributed by atoms with Gasteiger partial charge in [0.25, 0.3) is 0 Å². The smallest absolute Gasteiger partial charge is 0.128 e. The number of nitrogens with zero attached hydrogens (tertiary/aromatic N) is 2. The lowest BCUT2D eigenvalue weighted by molar-refractivity contribution is 0.121. The number of ether oxygens (including phenoxy) is 1. The molecule has 1 aromatic heterocycles. The number of hydrogen-bond donors (Lipinski definition) is 1. The standard InChI is InChI=1S/C13H23N3O/c1-3-6-11-9-16-8-5-7-14-12(10-17-4-2)13(16)15-11/h9,12,14H,3-8,10H2,1-2H3/t12-/m0/s1. The zero-order valence-electron chi connectivity index (χ0n) is 10.9. The molecular formula is C13H23N3O. The first-order valence-corrected chi connectivity index (χ1v) is 6.72. The Morgan fingerprint density at radius 1 is 1.53 bits per heavy atom. The van der Waals surface area contributed by atoms with Crippen LogP contribution in [0.25, 0.3) is 0 Å². The maximum absolute atomic E-state index is 5.54. The first-order valence-electron chi connectivity index (χ1n) is 6.72. The normalized spacial score (nSPS) is 20.0. The van der Waals surface area contributed by atoms with Gasteiger partial charge in [-0.15, -0.1) is 0 Å². The first-order chi connectivity index (χ1) is 8.35. The molecule has 96 valence electrons. The topological polar surface area (TPSA) is 39.1 Å². The zero-order valence-corrected chi connectivity index (χ0v) is 10.9. The Labute approximate surface area is 103 Å². The van der Waals surface area contributed by atoms with Gasteiger partial charge in [0.05, 0.1) is 18.3 Å². The fourth-order valence-corrected chi connectivity index (χ4v) is 2.31. The summed E-state index contributed by atoms with van der Waals surface area (Å²) in [5.41, 5.74) is 1.22. The van der Waals surface area contributed by atoms with Crippen LogP contribution in [0.2, 0.25) is 0 Å². The van der Waals surface area contributed by atoms with E-state index in [1.165, 1.54) is 5.69 Å². The molecule has 17 heavy (non-hydrogen) atoms. The van der Waals surface area contributed by atoms with E-state index in [4.69, 9.17) is 9.72 Å². The summed E-state index contributed by atoms with van der Waals surface area (Å²) in [5.74, 6) is 1.15. The third-order valence-corrected chi connectivity index (χ3v) is 3.13. The third-order valence-electron chi connectivity index (χ3n) is 3.13. The van der Waals surface area contributed by atoms with E-state index in [-0.39, 0.29) is 6.04 Å².